The van der Waals surface area contributed by atoms with Crippen molar-refractivity contribution in [1.29, 1.82) is 5.26 Å². The van der Waals surface area contributed by atoms with Crippen molar-refractivity contribution in [2.75, 3.05) is 6.54 Å². The molecule has 2 nitrogen and oxygen atoms in total. The van der Waals surface area contributed by atoms with Gasteiger partial charge in [-0.25, -0.2) is 0 Å². The predicted octanol–water partition coefficient (Wildman–Crippen LogP) is 2.79. The number of hydrogen-bond acceptors (Lipinski definition) is 2. The van der Waals surface area contributed by atoms with E-state index in [0.717, 1.165) is 24.1 Å². The van der Waals surface area contributed by atoms with Crippen molar-refractivity contribution in [2.45, 2.75) is 25.3 Å². The van der Waals surface area contributed by atoms with Gasteiger partial charge in [0.15, 0.2) is 0 Å². The van der Waals surface area contributed by atoms with E-state index in [2.05, 4.69) is 17.5 Å². The van der Waals surface area contributed by atoms with Crippen LogP contribution in [0.3, 0.4) is 0 Å². The summed E-state index contributed by atoms with van der Waals surface area (Å²) < 4.78 is 0. The Balaban J connectivity index is 0.00000112. The van der Waals surface area contributed by atoms with Gasteiger partial charge in [0.2, 0.25) is 0 Å². The van der Waals surface area contributed by atoms with Crippen LogP contribution in [0.15, 0.2) is 24.3 Å². The Morgan fingerprint density at radius 2 is 2.07 bits per heavy atom. The minimum Gasteiger partial charge on any atom is -0.310 e. The fraction of sp³-hybridized carbons (Fsp3) is 0.417. The van der Waals surface area contributed by atoms with Crippen molar-refractivity contribution < 1.29 is 0 Å². The summed E-state index contributed by atoms with van der Waals surface area (Å²) >= 11 is 0. The number of rotatable bonds is 1. The SMILES string of the molecule is Cl.N#Cc1ccccc1[C@@H]1CCCCN1. The third-order valence-electron chi connectivity index (χ3n) is 2.77. The molecule has 15 heavy (non-hydrogen) atoms. The van der Waals surface area contributed by atoms with Crippen molar-refractivity contribution in [1.82, 2.24) is 5.32 Å². The Kier molecular flexibility index (Phi) is 4.61. The fourth-order valence-electron chi connectivity index (χ4n) is 2.02. The molecule has 0 saturated carbocycles. The van der Waals surface area contributed by atoms with Gasteiger partial charge in [-0.2, -0.15) is 5.26 Å². The maximum Gasteiger partial charge on any atom is 0.0995 e. The number of nitrogens with zero attached hydrogens (tertiary/aromatic N) is 1. The van der Waals surface area contributed by atoms with Gasteiger partial charge in [0.05, 0.1) is 11.6 Å². The largest absolute Gasteiger partial charge is 0.310 e. The molecule has 1 aliphatic heterocycles. The Morgan fingerprint density at radius 3 is 2.73 bits per heavy atom. The summed E-state index contributed by atoms with van der Waals surface area (Å²) in [6.45, 7) is 1.07. The molecule has 0 spiro atoms. The van der Waals surface area contributed by atoms with Crippen LogP contribution >= 0.6 is 12.4 Å². The van der Waals surface area contributed by atoms with Crippen LogP contribution < -0.4 is 5.32 Å². The molecule has 1 aliphatic rings. The molecular formula is C12H15ClN2. The van der Waals surface area contributed by atoms with Crippen molar-refractivity contribution >= 4 is 12.4 Å². The van der Waals surface area contributed by atoms with Gasteiger partial charge < -0.3 is 5.32 Å². The molecule has 80 valence electrons. The second kappa shape index (κ2) is 5.75. The summed E-state index contributed by atoms with van der Waals surface area (Å²) in [4.78, 5) is 0. The van der Waals surface area contributed by atoms with E-state index in [1.807, 2.05) is 18.2 Å². The lowest BCUT2D eigenvalue weighted by Crippen LogP contribution is -2.27. The van der Waals surface area contributed by atoms with Crippen molar-refractivity contribution in [3.63, 3.8) is 0 Å². The minimum atomic E-state index is 0. The van der Waals surface area contributed by atoms with E-state index >= 15 is 0 Å². The molecule has 1 atom stereocenters. The summed E-state index contributed by atoms with van der Waals surface area (Å²) in [5.74, 6) is 0. The summed E-state index contributed by atoms with van der Waals surface area (Å²) in [7, 11) is 0. The quantitative estimate of drug-likeness (QED) is 0.793. The van der Waals surface area contributed by atoms with Gasteiger partial charge in [-0.1, -0.05) is 24.6 Å². The summed E-state index contributed by atoms with van der Waals surface area (Å²) in [6, 6.07) is 10.5. The van der Waals surface area contributed by atoms with E-state index in [0.29, 0.717) is 6.04 Å². The molecule has 0 aliphatic carbocycles. The lowest BCUT2D eigenvalue weighted by molar-refractivity contribution is 0.412. The van der Waals surface area contributed by atoms with E-state index in [1.54, 1.807) is 0 Å². The van der Waals surface area contributed by atoms with Gasteiger partial charge in [-0.3, -0.25) is 0 Å². The second-order valence-electron chi connectivity index (χ2n) is 3.70. The fourth-order valence-corrected chi connectivity index (χ4v) is 2.02. The van der Waals surface area contributed by atoms with Gasteiger partial charge in [0, 0.05) is 6.04 Å². The van der Waals surface area contributed by atoms with Crippen LogP contribution in [0.25, 0.3) is 0 Å². The normalized spacial score (nSPS) is 20.1. The highest BCUT2D eigenvalue weighted by Crippen LogP contribution is 2.25. The van der Waals surface area contributed by atoms with Crippen LogP contribution in [0.2, 0.25) is 0 Å². The molecule has 0 unspecified atom stereocenters. The average Bonchev–Trinajstić information content (AvgIpc) is 2.30. The molecule has 0 bridgehead atoms. The molecule has 2 rings (SSSR count). The first-order chi connectivity index (χ1) is 6.92. The van der Waals surface area contributed by atoms with Gasteiger partial charge >= 0.3 is 0 Å². The summed E-state index contributed by atoms with van der Waals surface area (Å²) in [5, 5.41) is 12.4. The number of hydrogen-bond donors (Lipinski definition) is 1. The first-order valence-electron chi connectivity index (χ1n) is 5.14. The van der Waals surface area contributed by atoms with Crippen LogP contribution in [0.1, 0.15) is 36.4 Å². The maximum absolute atomic E-state index is 8.97. The number of nitrogens with one attached hydrogen (secondary N) is 1. The average molecular weight is 223 g/mol. The van der Waals surface area contributed by atoms with Crippen LogP contribution in [-0.2, 0) is 0 Å². The first kappa shape index (κ1) is 12.0. The van der Waals surface area contributed by atoms with Gasteiger partial charge in [0.1, 0.15) is 0 Å². The van der Waals surface area contributed by atoms with Crippen LogP contribution in [0, 0.1) is 11.3 Å². The molecular weight excluding hydrogens is 208 g/mol. The van der Waals surface area contributed by atoms with E-state index in [-0.39, 0.29) is 12.4 Å². The molecule has 1 aromatic rings. The number of benzene rings is 1. The van der Waals surface area contributed by atoms with Crippen LogP contribution in [-0.4, -0.2) is 6.54 Å². The molecule has 0 amide bonds. The number of piperidine rings is 1. The standard InChI is InChI=1S/C12H14N2.ClH/c13-9-10-5-1-2-6-11(10)12-7-3-4-8-14-12;/h1-2,5-6,12,14H,3-4,7-8H2;1H/t12-;/m0./s1. The second-order valence-corrected chi connectivity index (χ2v) is 3.70. The molecule has 0 aromatic heterocycles. The molecule has 1 fully saturated rings. The third kappa shape index (κ3) is 2.71. The zero-order valence-electron chi connectivity index (χ0n) is 8.57. The summed E-state index contributed by atoms with van der Waals surface area (Å²) in [5.41, 5.74) is 1.97. The zero-order chi connectivity index (χ0) is 9.80. The Morgan fingerprint density at radius 1 is 1.27 bits per heavy atom. The predicted molar refractivity (Wildman–Crippen MR) is 63.0 cm³/mol. The van der Waals surface area contributed by atoms with E-state index in [4.69, 9.17) is 5.26 Å². The van der Waals surface area contributed by atoms with E-state index < -0.39 is 0 Å². The number of nitriles is 1. The Labute approximate surface area is 96.7 Å². The Hall–Kier alpha value is -1.04. The van der Waals surface area contributed by atoms with Gasteiger partial charge in [0.25, 0.3) is 0 Å². The van der Waals surface area contributed by atoms with Gasteiger partial charge in [-0.15, -0.1) is 12.4 Å². The lowest BCUT2D eigenvalue weighted by atomic mass is 9.94. The van der Waals surface area contributed by atoms with E-state index in [9.17, 15) is 0 Å². The van der Waals surface area contributed by atoms with Crippen LogP contribution in [0.4, 0.5) is 0 Å². The molecule has 1 saturated heterocycles. The topological polar surface area (TPSA) is 35.8 Å². The van der Waals surface area contributed by atoms with E-state index in [1.165, 1.54) is 12.8 Å². The van der Waals surface area contributed by atoms with Gasteiger partial charge in [-0.05, 0) is 31.0 Å². The number of halogens is 1. The van der Waals surface area contributed by atoms with Crippen molar-refractivity contribution in [3.05, 3.63) is 35.4 Å². The van der Waals surface area contributed by atoms with Crippen LogP contribution in [0.5, 0.6) is 0 Å². The molecule has 1 N–H and O–H groups in total. The molecule has 1 aromatic carbocycles. The smallest absolute Gasteiger partial charge is 0.0995 e. The lowest BCUT2D eigenvalue weighted by Gasteiger charge is -2.24. The zero-order valence-corrected chi connectivity index (χ0v) is 9.39. The molecule has 1 heterocycles. The van der Waals surface area contributed by atoms with Crippen molar-refractivity contribution in [3.8, 4) is 6.07 Å². The maximum atomic E-state index is 8.97. The highest BCUT2D eigenvalue weighted by Gasteiger charge is 2.16. The highest BCUT2D eigenvalue weighted by molar-refractivity contribution is 5.85. The van der Waals surface area contributed by atoms with Crippen molar-refractivity contribution in [2.24, 2.45) is 0 Å². The monoisotopic (exact) mass is 222 g/mol. The molecule has 3 heteroatoms. The molecule has 0 radical (unpaired) electrons. The summed E-state index contributed by atoms with van der Waals surface area (Å²) in [6.07, 6.45) is 3.67. The minimum absolute atomic E-state index is 0. The Bertz CT molecular complexity index is 351. The first-order valence-corrected chi connectivity index (χ1v) is 5.14. The highest BCUT2D eigenvalue weighted by atomic mass is 35.5. The third-order valence-corrected chi connectivity index (χ3v) is 2.77.